The van der Waals surface area contributed by atoms with E-state index in [2.05, 4.69) is 31.2 Å². The maximum atomic E-state index is 13.3. The Hall–Kier alpha value is -3.71. The number of fused-ring (bicyclic) bond motifs is 2. The van der Waals surface area contributed by atoms with Crippen LogP contribution in [-0.4, -0.2) is 23.0 Å². The van der Waals surface area contributed by atoms with Gasteiger partial charge < -0.3 is 14.5 Å². The van der Waals surface area contributed by atoms with E-state index < -0.39 is 0 Å². The molecule has 5 aromatic rings. The number of halogens is 1. The highest BCUT2D eigenvalue weighted by atomic mass is 79.9. The molecule has 0 unspecified atom stereocenters. The summed E-state index contributed by atoms with van der Waals surface area (Å²) < 4.78 is 12.2. The third-order valence-electron chi connectivity index (χ3n) is 5.37. The predicted octanol–water partition coefficient (Wildman–Crippen LogP) is 6.37. The van der Waals surface area contributed by atoms with Crippen LogP contribution in [0.2, 0.25) is 0 Å². The number of hydrogen-bond acceptors (Lipinski definition) is 5. The lowest BCUT2D eigenvalue weighted by Crippen LogP contribution is -2.14. The average Bonchev–Trinajstić information content (AvgIpc) is 3.24. The van der Waals surface area contributed by atoms with Gasteiger partial charge in [0.1, 0.15) is 5.75 Å². The van der Waals surface area contributed by atoms with Crippen molar-refractivity contribution in [1.29, 1.82) is 0 Å². The SMILES string of the molecule is COc1c(C(=O)Nc2cccc(-c3nc4ncccc4o3)c2C)cc2ccccc2c1Br. The molecule has 1 N–H and O–H groups in total. The third kappa shape index (κ3) is 3.40. The quantitative estimate of drug-likeness (QED) is 0.318. The van der Waals surface area contributed by atoms with Gasteiger partial charge in [0.15, 0.2) is 11.2 Å². The highest BCUT2D eigenvalue weighted by molar-refractivity contribution is 9.10. The molecule has 0 fully saturated rings. The fourth-order valence-electron chi connectivity index (χ4n) is 3.73. The van der Waals surface area contributed by atoms with E-state index in [1.165, 1.54) is 0 Å². The third-order valence-corrected chi connectivity index (χ3v) is 6.15. The molecule has 1 amide bonds. The zero-order valence-electron chi connectivity index (χ0n) is 17.3. The molecule has 32 heavy (non-hydrogen) atoms. The maximum Gasteiger partial charge on any atom is 0.259 e. The number of oxazole rings is 1. The summed E-state index contributed by atoms with van der Waals surface area (Å²) in [6, 6.07) is 18.9. The molecule has 0 spiro atoms. The maximum absolute atomic E-state index is 13.3. The van der Waals surface area contributed by atoms with Crippen LogP contribution in [0.4, 0.5) is 5.69 Å². The van der Waals surface area contributed by atoms with Gasteiger partial charge in [-0.25, -0.2) is 4.98 Å². The summed E-state index contributed by atoms with van der Waals surface area (Å²) in [7, 11) is 1.55. The first-order valence-corrected chi connectivity index (χ1v) is 10.7. The molecular weight excluding hydrogens is 470 g/mol. The molecule has 158 valence electrons. The van der Waals surface area contributed by atoms with Gasteiger partial charge in [0, 0.05) is 17.4 Å². The topological polar surface area (TPSA) is 77.2 Å². The van der Waals surface area contributed by atoms with Crippen molar-refractivity contribution in [3.8, 4) is 17.2 Å². The Labute approximate surface area is 192 Å². The molecule has 6 nitrogen and oxygen atoms in total. The van der Waals surface area contributed by atoms with E-state index in [1.807, 2.05) is 61.5 Å². The average molecular weight is 488 g/mol. The van der Waals surface area contributed by atoms with E-state index in [0.29, 0.717) is 34.1 Å². The minimum Gasteiger partial charge on any atom is -0.495 e. The van der Waals surface area contributed by atoms with Crippen LogP contribution in [0.25, 0.3) is 33.5 Å². The van der Waals surface area contributed by atoms with Gasteiger partial charge in [0.25, 0.3) is 5.91 Å². The van der Waals surface area contributed by atoms with Crippen LogP contribution in [0, 0.1) is 6.92 Å². The number of benzene rings is 3. The van der Waals surface area contributed by atoms with Crippen LogP contribution in [-0.2, 0) is 0 Å². The van der Waals surface area contributed by atoms with E-state index in [9.17, 15) is 4.79 Å². The Kier molecular flexibility index (Phi) is 5.11. The van der Waals surface area contributed by atoms with Crippen molar-refractivity contribution < 1.29 is 13.9 Å². The highest BCUT2D eigenvalue weighted by Gasteiger charge is 2.20. The molecule has 0 radical (unpaired) electrons. The Morgan fingerprint density at radius 1 is 1.09 bits per heavy atom. The molecule has 2 heterocycles. The van der Waals surface area contributed by atoms with E-state index in [1.54, 1.807) is 19.4 Å². The lowest BCUT2D eigenvalue weighted by molar-refractivity contribution is 0.102. The van der Waals surface area contributed by atoms with Crippen molar-refractivity contribution in [2.75, 3.05) is 12.4 Å². The molecule has 5 rings (SSSR count). The molecule has 0 atom stereocenters. The van der Waals surface area contributed by atoms with Crippen molar-refractivity contribution in [3.05, 3.63) is 82.5 Å². The number of ether oxygens (including phenoxy) is 1. The first-order valence-electron chi connectivity index (χ1n) is 9.95. The summed E-state index contributed by atoms with van der Waals surface area (Å²) in [6.45, 7) is 1.92. The lowest BCUT2D eigenvalue weighted by atomic mass is 10.0. The summed E-state index contributed by atoms with van der Waals surface area (Å²) in [5.41, 5.74) is 3.88. The zero-order valence-corrected chi connectivity index (χ0v) is 18.9. The first-order chi connectivity index (χ1) is 15.6. The smallest absolute Gasteiger partial charge is 0.259 e. The van der Waals surface area contributed by atoms with Crippen molar-refractivity contribution in [2.24, 2.45) is 0 Å². The van der Waals surface area contributed by atoms with E-state index >= 15 is 0 Å². The molecule has 2 aromatic heterocycles. The van der Waals surface area contributed by atoms with Crippen molar-refractivity contribution in [1.82, 2.24) is 9.97 Å². The molecule has 0 aliphatic rings. The van der Waals surface area contributed by atoms with E-state index in [-0.39, 0.29) is 5.91 Å². The number of methoxy groups -OCH3 is 1. The summed E-state index contributed by atoms with van der Waals surface area (Å²) in [5.74, 6) is 0.672. The molecular formula is C25H18BrN3O3. The number of nitrogens with one attached hydrogen (secondary N) is 1. The van der Waals surface area contributed by atoms with Gasteiger partial charge in [-0.3, -0.25) is 4.79 Å². The second-order valence-corrected chi connectivity index (χ2v) is 8.06. The second kappa shape index (κ2) is 8.09. The minimum atomic E-state index is -0.271. The highest BCUT2D eigenvalue weighted by Crippen LogP contribution is 2.37. The number of hydrogen-bond donors (Lipinski definition) is 1. The van der Waals surface area contributed by atoms with Crippen molar-refractivity contribution in [2.45, 2.75) is 6.92 Å². The largest absolute Gasteiger partial charge is 0.495 e. The predicted molar refractivity (Wildman–Crippen MR) is 128 cm³/mol. The number of aromatic nitrogens is 2. The summed E-state index contributed by atoms with van der Waals surface area (Å²) >= 11 is 3.59. The van der Waals surface area contributed by atoms with Gasteiger partial charge in [-0.05, 0) is 69.5 Å². The Morgan fingerprint density at radius 3 is 2.75 bits per heavy atom. The second-order valence-electron chi connectivity index (χ2n) is 7.27. The van der Waals surface area contributed by atoms with E-state index in [4.69, 9.17) is 9.15 Å². The summed E-state index contributed by atoms with van der Waals surface area (Å²) in [5, 5.41) is 4.93. The van der Waals surface area contributed by atoms with Crippen LogP contribution in [0.1, 0.15) is 15.9 Å². The first kappa shape index (κ1) is 20.2. The van der Waals surface area contributed by atoms with Gasteiger partial charge in [-0.2, -0.15) is 4.98 Å². The molecule has 0 bridgehead atoms. The van der Waals surface area contributed by atoms with Crippen LogP contribution < -0.4 is 10.1 Å². The fraction of sp³-hybridized carbons (Fsp3) is 0.0800. The number of nitrogens with zero attached hydrogens (tertiary/aromatic N) is 2. The number of pyridine rings is 1. The standard InChI is InChI=1S/C25H18BrN3O3/c1-14-16(25-29-23-20(32-25)11-6-12-27-23)9-5-10-19(14)28-24(30)18-13-15-7-3-4-8-17(15)21(26)22(18)31-2/h3-13H,1-2H3,(H,28,30). The molecule has 7 heteroatoms. The van der Waals surface area contributed by atoms with Crippen molar-refractivity contribution in [3.63, 3.8) is 0 Å². The lowest BCUT2D eigenvalue weighted by Gasteiger charge is -2.15. The Morgan fingerprint density at radius 2 is 1.94 bits per heavy atom. The minimum absolute atomic E-state index is 0.271. The molecule has 0 saturated carbocycles. The fourth-order valence-corrected chi connectivity index (χ4v) is 4.47. The van der Waals surface area contributed by atoms with E-state index in [0.717, 1.165) is 26.4 Å². The normalized spacial score (nSPS) is 11.1. The van der Waals surface area contributed by atoms with Crippen LogP contribution >= 0.6 is 15.9 Å². The van der Waals surface area contributed by atoms with Crippen LogP contribution in [0.5, 0.6) is 5.75 Å². The van der Waals surface area contributed by atoms with Crippen LogP contribution in [0.3, 0.4) is 0 Å². The summed E-state index contributed by atoms with van der Waals surface area (Å²) in [6.07, 6.45) is 1.67. The Bertz CT molecular complexity index is 1460. The van der Waals surface area contributed by atoms with Gasteiger partial charge >= 0.3 is 0 Å². The zero-order chi connectivity index (χ0) is 22.2. The molecule has 3 aromatic carbocycles. The van der Waals surface area contributed by atoms with Crippen LogP contribution in [0.15, 0.2) is 75.8 Å². The number of amides is 1. The number of rotatable bonds is 4. The Balaban J connectivity index is 1.53. The van der Waals surface area contributed by atoms with Gasteiger partial charge in [0.2, 0.25) is 5.89 Å². The molecule has 0 saturated heterocycles. The van der Waals surface area contributed by atoms with Gasteiger partial charge in [-0.15, -0.1) is 0 Å². The monoisotopic (exact) mass is 487 g/mol. The van der Waals surface area contributed by atoms with Gasteiger partial charge in [-0.1, -0.05) is 30.3 Å². The number of carbonyl (C=O) groups excluding carboxylic acids is 1. The number of carbonyl (C=O) groups is 1. The van der Waals surface area contributed by atoms with Crippen molar-refractivity contribution >= 4 is 49.5 Å². The summed E-state index contributed by atoms with van der Waals surface area (Å²) in [4.78, 5) is 22.0. The molecule has 0 aliphatic carbocycles. The molecule has 0 aliphatic heterocycles. The van der Waals surface area contributed by atoms with Gasteiger partial charge in [0.05, 0.1) is 17.1 Å². The number of anilines is 1.